The first kappa shape index (κ1) is 13.6. The summed E-state index contributed by atoms with van der Waals surface area (Å²) >= 11 is 5.94. The van der Waals surface area contributed by atoms with Gasteiger partial charge in [-0.3, -0.25) is 0 Å². The molecule has 2 aromatic rings. The lowest BCUT2D eigenvalue weighted by molar-refractivity contribution is 0.294. The average molecular weight is 290 g/mol. The van der Waals surface area contributed by atoms with Crippen LogP contribution in [0.15, 0.2) is 36.4 Å². The molecule has 20 heavy (non-hydrogen) atoms. The number of hydrogen-bond acceptors (Lipinski definition) is 1. The van der Waals surface area contributed by atoms with Gasteiger partial charge in [-0.15, -0.1) is 0 Å². The van der Waals surface area contributed by atoms with Crippen molar-refractivity contribution in [2.75, 3.05) is 13.6 Å². The van der Waals surface area contributed by atoms with Gasteiger partial charge in [0.25, 0.3) is 0 Å². The van der Waals surface area contributed by atoms with Crippen molar-refractivity contribution in [3.63, 3.8) is 0 Å². The molecule has 1 atom stereocenters. The molecule has 104 valence electrons. The highest BCUT2D eigenvalue weighted by Gasteiger charge is 2.25. The number of likely N-dealkylation sites (N-methyl/N-ethyl adjacent to an activating group) is 1. The minimum absolute atomic E-state index is 0.199. The van der Waals surface area contributed by atoms with E-state index in [2.05, 4.69) is 37.1 Å². The fourth-order valence-electron chi connectivity index (χ4n) is 3.03. The second-order valence-electron chi connectivity index (χ2n) is 5.57. The van der Waals surface area contributed by atoms with E-state index in [1.807, 2.05) is 6.07 Å². The van der Waals surface area contributed by atoms with Gasteiger partial charge in [-0.2, -0.15) is 0 Å². The second kappa shape index (κ2) is 5.19. The Hall–Kier alpha value is -1.38. The van der Waals surface area contributed by atoms with E-state index in [1.54, 1.807) is 6.07 Å². The van der Waals surface area contributed by atoms with E-state index in [-0.39, 0.29) is 16.8 Å². The molecule has 0 bridgehead atoms. The summed E-state index contributed by atoms with van der Waals surface area (Å²) in [5.74, 6) is -0.106. The Balaban J connectivity index is 2.11. The van der Waals surface area contributed by atoms with Gasteiger partial charge in [0.2, 0.25) is 0 Å². The van der Waals surface area contributed by atoms with Gasteiger partial charge < -0.3 is 4.90 Å². The minimum atomic E-state index is -0.357. The Labute approximate surface area is 124 Å². The molecule has 1 nitrogen and oxygen atoms in total. The molecule has 0 aliphatic carbocycles. The molecule has 0 saturated heterocycles. The van der Waals surface area contributed by atoms with Crippen molar-refractivity contribution in [1.82, 2.24) is 4.90 Å². The number of nitrogens with zero attached hydrogens (tertiary/aromatic N) is 1. The minimum Gasteiger partial charge on any atom is -0.301 e. The standard InChI is InChI=1S/C17H17ClFN/c1-11-4-3-5-13-14(11)9-20(2)10-15(13)12-6-7-17(19)16(18)8-12/h3-8,15H,9-10H2,1-2H3. The predicted molar refractivity (Wildman–Crippen MR) is 80.8 cm³/mol. The fraction of sp³-hybridized carbons (Fsp3) is 0.294. The maximum absolute atomic E-state index is 13.4. The van der Waals surface area contributed by atoms with Crippen LogP contribution < -0.4 is 0 Å². The molecule has 1 aliphatic rings. The highest BCUT2D eigenvalue weighted by atomic mass is 35.5. The Kier molecular flexibility index (Phi) is 3.53. The largest absolute Gasteiger partial charge is 0.301 e. The van der Waals surface area contributed by atoms with E-state index >= 15 is 0 Å². The van der Waals surface area contributed by atoms with E-state index in [1.165, 1.54) is 22.8 Å². The van der Waals surface area contributed by atoms with Gasteiger partial charge >= 0.3 is 0 Å². The first-order valence-corrected chi connectivity index (χ1v) is 7.16. The maximum atomic E-state index is 13.4. The Morgan fingerprint density at radius 1 is 1.25 bits per heavy atom. The lowest BCUT2D eigenvalue weighted by atomic mass is 9.83. The van der Waals surface area contributed by atoms with Crippen molar-refractivity contribution < 1.29 is 4.39 Å². The van der Waals surface area contributed by atoms with Crippen molar-refractivity contribution in [2.24, 2.45) is 0 Å². The molecule has 1 unspecified atom stereocenters. The molecular weight excluding hydrogens is 273 g/mol. The second-order valence-corrected chi connectivity index (χ2v) is 5.97. The van der Waals surface area contributed by atoms with Crippen LogP contribution in [0.2, 0.25) is 5.02 Å². The SMILES string of the molecule is Cc1cccc2c1CN(C)CC2c1ccc(F)c(Cl)c1. The average Bonchev–Trinajstić information content (AvgIpc) is 2.42. The maximum Gasteiger partial charge on any atom is 0.141 e. The van der Waals surface area contributed by atoms with E-state index < -0.39 is 0 Å². The zero-order chi connectivity index (χ0) is 14.3. The highest BCUT2D eigenvalue weighted by molar-refractivity contribution is 6.30. The van der Waals surface area contributed by atoms with Crippen LogP contribution in [0.1, 0.15) is 28.2 Å². The van der Waals surface area contributed by atoms with Crippen LogP contribution in [0.3, 0.4) is 0 Å². The Morgan fingerprint density at radius 2 is 2.05 bits per heavy atom. The number of aryl methyl sites for hydroxylation is 1. The summed E-state index contributed by atoms with van der Waals surface area (Å²) < 4.78 is 13.4. The third kappa shape index (κ3) is 2.34. The molecule has 0 amide bonds. The normalized spacial score (nSPS) is 18.9. The first-order chi connectivity index (χ1) is 9.56. The van der Waals surface area contributed by atoms with Gasteiger partial charge in [0, 0.05) is 19.0 Å². The van der Waals surface area contributed by atoms with Gasteiger partial charge in [0.15, 0.2) is 0 Å². The topological polar surface area (TPSA) is 3.24 Å². The summed E-state index contributed by atoms with van der Waals surface area (Å²) in [5.41, 5.74) is 5.11. The molecule has 0 fully saturated rings. The molecule has 2 aromatic carbocycles. The summed E-state index contributed by atoms with van der Waals surface area (Å²) in [4.78, 5) is 2.30. The van der Waals surface area contributed by atoms with Crippen molar-refractivity contribution in [2.45, 2.75) is 19.4 Å². The summed E-state index contributed by atoms with van der Waals surface area (Å²) in [6.07, 6.45) is 0. The number of hydrogen-bond donors (Lipinski definition) is 0. The van der Waals surface area contributed by atoms with Crippen LogP contribution in [0.5, 0.6) is 0 Å². The van der Waals surface area contributed by atoms with E-state index in [9.17, 15) is 4.39 Å². The van der Waals surface area contributed by atoms with Gasteiger partial charge in [0.1, 0.15) is 5.82 Å². The van der Waals surface area contributed by atoms with Crippen LogP contribution in [0.4, 0.5) is 4.39 Å². The molecule has 3 rings (SSSR count). The van der Waals surface area contributed by atoms with Gasteiger partial charge in [-0.1, -0.05) is 35.9 Å². The summed E-state index contributed by atoms with van der Waals surface area (Å²) in [7, 11) is 2.12. The number of rotatable bonds is 1. The molecule has 0 N–H and O–H groups in total. The van der Waals surface area contributed by atoms with E-state index in [4.69, 9.17) is 11.6 Å². The van der Waals surface area contributed by atoms with Crippen molar-refractivity contribution in [1.29, 1.82) is 0 Å². The molecule has 0 spiro atoms. The van der Waals surface area contributed by atoms with Crippen LogP contribution in [0.25, 0.3) is 0 Å². The predicted octanol–water partition coefficient (Wildman–Crippen LogP) is 4.36. The fourth-order valence-corrected chi connectivity index (χ4v) is 3.21. The van der Waals surface area contributed by atoms with Crippen LogP contribution in [-0.4, -0.2) is 18.5 Å². The van der Waals surface area contributed by atoms with Gasteiger partial charge in [-0.25, -0.2) is 4.39 Å². The molecule has 0 radical (unpaired) electrons. The quantitative estimate of drug-likeness (QED) is 0.754. The van der Waals surface area contributed by atoms with Crippen molar-refractivity contribution >= 4 is 11.6 Å². The monoisotopic (exact) mass is 289 g/mol. The van der Waals surface area contributed by atoms with Crippen LogP contribution in [-0.2, 0) is 6.54 Å². The van der Waals surface area contributed by atoms with Crippen LogP contribution >= 0.6 is 11.6 Å². The van der Waals surface area contributed by atoms with E-state index in [0.717, 1.165) is 18.7 Å². The number of benzene rings is 2. The van der Waals surface area contributed by atoms with Crippen molar-refractivity contribution in [3.05, 3.63) is 69.5 Å². The lowest BCUT2D eigenvalue weighted by Crippen LogP contribution is -2.31. The molecular formula is C17H17ClFN. The van der Waals surface area contributed by atoms with E-state index in [0.29, 0.717) is 0 Å². The smallest absolute Gasteiger partial charge is 0.141 e. The van der Waals surface area contributed by atoms with Gasteiger partial charge in [0.05, 0.1) is 5.02 Å². The summed E-state index contributed by atoms with van der Waals surface area (Å²) in [6.45, 7) is 4.04. The van der Waals surface area contributed by atoms with Crippen molar-refractivity contribution in [3.8, 4) is 0 Å². The zero-order valence-electron chi connectivity index (χ0n) is 11.7. The molecule has 0 aromatic heterocycles. The number of fused-ring (bicyclic) bond motifs is 1. The van der Waals surface area contributed by atoms with Gasteiger partial charge in [-0.05, 0) is 48.4 Å². The Bertz CT molecular complexity index is 653. The molecule has 1 aliphatic heterocycles. The molecule has 3 heteroatoms. The summed E-state index contributed by atoms with van der Waals surface area (Å²) in [5, 5.41) is 0.199. The highest BCUT2D eigenvalue weighted by Crippen LogP contribution is 2.35. The third-order valence-corrected chi connectivity index (χ3v) is 4.38. The molecule has 1 heterocycles. The zero-order valence-corrected chi connectivity index (χ0v) is 12.4. The molecule has 0 saturated carbocycles. The number of halogens is 2. The lowest BCUT2D eigenvalue weighted by Gasteiger charge is -2.33. The van der Waals surface area contributed by atoms with Crippen LogP contribution in [0, 0.1) is 12.7 Å². The summed E-state index contributed by atoms with van der Waals surface area (Å²) in [6, 6.07) is 11.5. The first-order valence-electron chi connectivity index (χ1n) is 6.78. The third-order valence-electron chi connectivity index (χ3n) is 4.09. The Morgan fingerprint density at radius 3 is 2.80 bits per heavy atom.